The number of nitrogens with one attached hydrogen (secondary N) is 2. The first-order chi connectivity index (χ1) is 20.6. The quantitative estimate of drug-likeness (QED) is 0.255. The number of rotatable bonds is 7. The number of nitriles is 1. The third-order valence-electron chi connectivity index (χ3n) is 6.06. The predicted molar refractivity (Wildman–Crippen MR) is 152 cm³/mol. The number of amides is 1. The van der Waals surface area contributed by atoms with Gasteiger partial charge in [0.2, 0.25) is 11.8 Å². The Morgan fingerprint density at radius 1 is 1.14 bits per heavy atom. The highest BCUT2D eigenvalue weighted by atomic mass is 35.5. The zero-order valence-corrected chi connectivity index (χ0v) is 23.7. The lowest BCUT2D eigenvalue weighted by atomic mass is 10.1. The lowest BCUT2D eigenvalue weighted by molar-refractivity contribution is -0.130. The molecular formula is C27H27ClF3N9O3. The summed E-state index contributed by atoms with van der Waals surface area (Å²) in [6.07, 6.45) is -3.20. The molecule has 1 aliphatic heterocycles. The Kier molecular flexibility index (Phi) is 10.2. The summed E-state index contributed by atoms with van der Waals surface area (Å²) in [5.74, 6) is 0.683. The van der Waals surface area contributed by atoms with Crippen LogP contribution in [0.15, 0.2) is 42.6 Å². The molecule has 3 N–H and O–H groups in total. The number of phenols is 1. The summed E-state index contributed by atoms with van der Waals surface area (Å²) >= 11 is 6.00. The van der Waals surface area contributed by atoms with Crippen molar-refractivity contribution in [3.8, 4) is 23.1 Å². The second-order valence-corrected chi connectivity index (χ2v) is 9.54. The first kappa shape index (κ1) is 31.3. The van der Waals surface area contributed by atoms with Crippen molar-refractivity contribution >= 4 is 34.9 Å². The highest BCUT2D eigenvalue weighted by Gasteiger charge is 2.24. The van der Waals surface area contributed by atoms with E-state index in [2.05, 4.69) is 30.7 Å². The fourth-order valence-corrected chi connectivity index (χ4v) is 3.96. The third-order valence-corrected chi connectivity index (χ3v) is 6.29. The molecule has 1 saturated heterocycles. The van der Waals surface area contributed by atoms with E-state index >= 15 is 0 Å². The Morgan fingerprint density at radius 2 is 1.86 bits per heavy atom. The molecule has 4 heterocycles. The van der Waals surface area contributed by atoms with E-state index in [1.165, 1.54) is 16.8 Å². The molecule has 12 nitrogen and oxygen atoms in total. The third kappa shape index (κ3) is 8.43. The SMILES string of the molecule is CCC(F)(F)F.N#Cc1ccc(NCCNc2nc(-c3ccc(Cl)cc3O)cc3nc(C(=O)N4CCOCC4)nn23)nc1. The summed E-state index contributed by atoms with van der Waals surface area (Å²) in [5, 5.41) is 30.5. The number of carbonyl (C=O) groups excluding carboxylic acids is 1. The maximum Gasteiger partial charge on any atom is 0.388 e. The number of hydrogen-bond donors (Lipinski definition) is 3. The number of phenolic OH excluding ortho intramolecular Hbond substituents is 1. The second kappa shape index (κ2) is 14.0. The van der Waals surface area contributed by atoms with Gasteiger partial charge in [-0.3, -0.25) is 4.79 Å². The van der Waals surface area contributed by atoms with Gasteiger partial charge in [0.05, 0.1) is 24.5 Å². The molecule has 1 fully saturated rings. The van der Waals surface area contributed by atoms with E-state index in [0.717, 1.165) is 6.92 Å². The Balaban J connectivity index is 0.000000641. The van der Waals surface area contributed by atoms with Gasteiger partial charge in [0, 0.05) is 55.4 Å². The van der Waals surface area contributed by atoms with Crippen molar-refractivity contribution in [3.63, 3.8) is 0 Å². The first-order valence-corrected chi connectivity index (χ1v) is 13.5. The number of aromatic nitrogens is 5. The molecule has 5 rings (SSSR count). The molecular weight excluding hydrogens is 591 g/mol. The highest BCUT2D eigenvalue weighted by Crippen LogP contribution is 2.31. The summed E-state index contributed by atoms with van der Waals surface area (Å²) in [5.41, 5.74) is 1.76. The van der Waals surface area contributed by atoms with Crippen molar-refractivity contribution in [2.75, 3.05) is 50.0 Å². The number of ether oxygens (including phenoxy) is 1. The van der Waals surface area contributed by atoms with E-state index in [9.17, 15) is 23.1 Å². The number of hydrogen-bond acceptors (Lipinski definition) is 10. The number of carbonyl (C=O) groups is 1. The average Bonchev–Trinajstić information content (AvgIpc) is 3.44. The molecule has 0 saturated carbocycles. The number of fused-ring (bicyclic) bond motifs is 1. The minimum atomic E-state index is -3.96. The number of benzene rings is 1. The molecule has 43 heavy (non-hydrogen) atoms. The van der Waals surface area contributed by atoms with Crippen LogP contribution in [-0.4, -0.2) is 86.0 Å². The molecule has 0 radical (unpaired) electrons. The van der Waals surface area contributed by atoms with Crippen molar-refractivity contribution in [2.45, 2.75) is 19.5 Å². The highest BCUT2D eigenvalue weighted by molar-refractivity contribution is 6.30. The average molecular weight is 618 g/mol. The standard InChI is InChI=1S/C24H22ClN9O3.C3H5F3/c25-16-2-3-17(19(35)11-16)18-12-21-31-22(23(36)33-7-9-37-10-8-33)32-34(21)24(30-18)28-6-5-27-20-4-1-15(13-26)14-29-20;1-2-3(4,5)6/h1-4,11-12,14,35H,5-10H2,(H,27,29)(H,28,30);2H2,1H3. The molecule has 226 valence electrons. The van der Waals surface area contributed by atoms with Gasteiger partial charge in [-0.2, -0.15) is 22.9 Å². The van der Waals surface area contributed by atoms with Crippen LogP contribution >= 0.6 is 11.6 Å². The van der Waals surface area contributed by atoms with E-state index in [1.807, 2.05) is 6.07 Å². The fraction of sp³-hybridized carbons (Fsp3) is 0.333. The van der Waals surface area contributed by atoms with Crippen LogP contribution in [0.5, 0.6) is 5.75 Å². The topological polar surface area (TPSA) is 154 Å². The van der Waals surface area contributed by atoms with Gasteiger partial charge < -0.3 is 25.4 Å². The van der Waals surface area contributed by atoms with Gasteiger partial charge in [-0.15, -0.1) is 5.10 Å². The van der Waals surface area contributed by atoms with Gasteiger partial charge in [-0.25, -0.2) is 15.0 Å². The van der Waals surface area contributed by atoms with Gasteiger partial charge in [-0.05, 0) is 30.3 Å². The summed E-state index contributed by atoms with van der Waals surface area (Å²) < 4.78 is 39.1. The van der Waals surface area contributed by atoms with Gasteiger partial charge in [0.25, 0.3) is 5.91 Å². The van der Waals surface area contributed by atoms with Crippen LogP contribution in [-0.2, 0) is 4.74 Å². The van der Waals surface area contributed by atoms with E-state index in [-0.39, 0.29) is 17.5 Å². The van der Waals surface area contributed by atoms with E-state index in [4.69, 9.17) is 21.6 Å². The molecule has 0 aliphatic carbocycles. The summed E-state index contributed by atoms with van der Waals surface area (Å²) in [6, 6.07) is 11.8. The molecule has 0 bridgehead atoms. The van der Waals surface area contributed by atoms with Crippen molar-refractivity contribution in [1.82, 2.24) is 29.5 Å². The molecule has 0 unspecified atom stereocenters. The van der Waals surface area contributed by atoms with Crippen molar-refractivity contribution in [1.29, 1.82) is 5.26 Å². The van der Waals surface area contributed by atoms with E-state index in [1.54, 1.807) is 35.2 Å². The lowest BCUT2D eigenvalue weighted by Gasteiger charge is -2.25. The summed E-state index contributed by atoms with van der Waals surface area (Å²) in [4.78, 5) is 27.9. The lowest BCUT2D eigenvalue weighted by Crippen LogP contribution is -2.41. The predicted octanol–water partition coefficient (Wildman–Crippen LogP) is 4.37. The molecule has 16 heteroatoms. The van der Waals surface area contributed by atoms with Gasteiger partial charge >= 0.3 is 6.18 Å². The Morgan fingerprint density at radius 3 is 2.49 bits per heavy atom. The monoisotopic (exact) mass is 617 g/mol. The van der Waals surface area contributed by atoms with Crippen LogP contribution in [0, 0.1) is 11.3 Å². The minimum Gasteiger partial charge on any atom is -0.507 e. The van der Waals surface area contributed by atoms with Crippen molar-refractivity contribution < 1.29 is 27.8 Å². The molecule has 0 atom stereocenters. The van der Waals surface area contributed by atoms with Crippen LogP contribution in [0.4, 0.5) is 24.9 Å². The fourth-order valence-electron chi connectivity index (χ4n) is 3.79. The van der Waals surface area contributed by atoms with Crippen LogP contribution in [0.25, 0.3) is 16.9 Å². The molecule has 0 spiro atoms. The smallest absolute Gasteiger partial charge is 0.388 e. The Labute approximate surface area is 249 Å². The summed E-state index contributed by atoms with van der Waals surface area (Å²) in [6.45, 7) is 3.86. The Hall–Kier alpha value is -4.68. The minimum absolute atomic E-state index is 0.0343. The molecule has 4 aromatic rings. The first-order valence-electron chi connectivity index (χ1n) is 13.1. The summed E-state index contributed by atoms with van der Waals surface area (Å²) in [7, 11) is 0. The van der Waals surface area contributed by atoms with E-state index < -0.39 is 12.6 Å². The van der Waals surface area contributed by atoms with Gasteiger partial charge in [0.15, 0.2) is 5.65 Å². The molecule has 1 aliphatic rings. The normalized spacial score (nSPS) is 13.2. The number of pyridine rings is 1. The molecule has 1 amide bonds. The second-order valence-electron chi connectivity index (χ2n) is 9.10. The number of nitrogens with zero attached hydrogens (tertiary/aromatic N) is 7. The zero-order valence-electron chi connectivity index (χ0n) is 22.9. The zero-order chi connectivity index (χ0) is 31.0. The number of alkyl halides is 3. The Bertz CT molecular complexity index is 1600. The van der Waals surface area contributed by atoms with Gasteiger partial charge in [-0.1, -0.05) is 18.5 Å². The van der Waals surface area contributed by atoms with Crippen LogP contribution in [0.3, 0.4) is 0 Å². The van der Waals surface area contributed by atoms with Gasteiger partial charge in [0.1, 0.15) is 17.6 Å². The number of morpholine rings is 1. The van der Waals surface area contributed by atoms with Crippen LogP contribution < -0.4 is 10.6 Å². The number of anilines is 2. The molecule has 3 aromatic heterocycles. The molecule has 1 aromatic carbocycles. The number of halogens is 4. The van der Waals surface area contributed by atoms with Crippen LogP contribution in [0.2, 0.25) is 5.02 Å². The van der Waals surface area contributed by atoms with Crippen molar-refractivity contribution in [3.05, 3.63) is 59.0 Å². The van der Waals surface area contributed by atoms with E-state index in [0.29, 0.717) is 78.6 Å². The maximum atomic E-state index is 13.0. The number of aromatic hydroxyl groups is 1. The van der Waals surface area contributed by atoms with Crippen molar-refractivity contribution in [2.24, 2.45) is 0 Å². The van der Waals surface area contributed by atoms with Crippen LogP contribution in [0.1, 0.15) is 29.5 Å². The maximum absolute atomic E-state index is 13.0. The largest absolute Gasteiger partial charge is 0.507 e.